The van der Waals surface area contributed by atoms with Gasteiger partial charge >= 0.3 is 0 Å². The lowest BCUT2D eigenvalue weighted by Gasteiger charge is -2.08. The number of nitrogens with zero attached hydrogens (tertiary/aromatic N) is 1. The van der Waals surface area contributed by atoms with Crippen molar-refractivity contribution >= 4 is 21.7 Å². The van der Waals surface area contributed by atoms with Gasteiger partial charge < -0.3 is 15.2 Å². The fourth-order valence-electron chi connectivity index (χ4n) is 1.21. The van der Waals surface area contributed by atoms with Crippen LogP contribution in [0.2, 0.25) is 0 Å². The number of halogens is 1. The standard InChI is InChI=1S/C11H17BrN2O2/c1-9-7-10(12)11(14-8-9)13-3-2-5-16-6-4-15/h7-8,15H,2-6H2,1H3,(H,13,14). The zero-order valence-electron chi connectivity index (χ0n) is 9.37. The molecule has 90 valence electrons. The van der Waals surface area contributed by atoms with Gasteiger partial charge in [-0.25, -0.2) is 4.98 Å². The first kappa shape index (κ1) is 13.4. The minimum absolute atomic E-state index is 0.0818. The second-order valence-electron chi connectivity index (χ2n) is 3.46. The quantitative estimate of drug-likeness (QED) is 0.753. The number of rotatable bonds is 7. The Labute approximate surface area is 104 Å². The van der Waals surface area contributed by atoms with E-state index in [1.54, 1.807) is 0 Å². The number of nitrogens with one attached hydrogen (secondary N) is 1. The van der Waals surface area contributed by atoms with Crippen molar-refractivity contribution in [2.45, 2.75) is 13.3 Å². The molecule has 0 atom stereocenters. The molecule has 2 N–H and O–H groups in total. The minimum Gasteiger partial charge on any atom is -0.394 e. The molecule has 0 amide bonds. The third-order valence-electron chi connectivity index (χ3n) is 1.97. The number of hydrogen-bond acceptors (Lipinski definition) is 4. The Morgan fingerprint density at radius 2 is 2.31 bits per heavy atom. The summed E-state index contributed by atoms with van der Waals surface area (Å²) in [5.41, 5.74) is 1.13. The molecule has 0 saturated carbocycles. The van der Waals surface area contributed by atoms with Crippen molar-refractivity contribution in [3.8, 4) is 0 Å². The van der Waals surface area contributed by atoms with Crippen molar-refractivity contribution in [1.29, 1.82) is 0 Å². The summed E-state index contributed by atoms with van der Waals surface area (Å²) < 4.78 is 6.12. The van der Waals surface area contributed by atoms with E-state index in [1.807, 2.05) is 19.2 Å². The van der Waals surface area contributed by atoms with Crippen molar-refractivity contribution < 1.29 is 9.84 Å². The van der Waals surface area contributed by atoms with Gasteiger partial charge in [0, 0.05) is 19.3 Å². The van der Waals surface area contributed by atoms with Gasteiger partial charge in [0.2, 0.25) is 0 Å². The van der Waals surface area contributed by atoms with E-state index in [1.165, 1.54) is 0 Å². The Morgan fingerprint density at radius 3 is 3.00 bits per heavy atom. The predicted molar refractivity (Wildman–Crippen MR) is 67.7 cm³/mol. The molecule has 0 fully saturated rings. The molecule has 0 aromatic carbocycles. The van der Waals surface area contributed by atoms with E-state index in [4.69, 9.17) is 9.84 Å². The van der Waals surface area contributed by atoms with Crippen LogP contribution >= 0.6 is 15.9 Å². The Bertz CT molecular complexity index is 321. The number of ether oxygens (including phenoxy) is 1. The first-order valence-electron chi connectivity index (χ1n) is 5.28. The lowest BCUT2D eigenvalue weighted by molar-refractivity contribution is 0.0922. The van der Waals surface area contributed by atoms with E-state index in [2.05, 4.69) is 26.2 Å². The molecule has 4 nitrogen and oxygen atoms in total. The van der Waals surface area contributed by atoms with Gasteiger partial charge in [-0.1, -0.05) is 0 Å². The molecule has 0 aliphatic rings. The van der Waals surface area contributed by atoms with Gasteiger partial charge in [0.05, 0.1) is 17.7 Å². The summed E-state index contributed by atoms with van der Waals surface area (Å²) in [5, 5.41) is 11.7. The summed E-state index contributed by atoms with van der Waals surface area (Å²) in [5.74, 6) is 0.854. The Kier molecular flexibility index (Phi) is 6.37. The highest BCUT2D eigenvalue weighted by atomic mass is 79.9. The van der Waals surface area contributed by atoms with Crippen LogP contribution in [-0.2, 0) is 4.74 Å². The molecule has 0 saturated heterocycles. The molecule has 1 rings (SSSR count). The van der Waals surface area contributed by atoms with Crippen LogP contribution in [0, 0.1) is 6.92 Å². The van der Waals surface area contributed by atoms with E-state index in [9.17, 15) is 0 Å². The first-order valence-corrected chi connectivity index (χ1v) is 6.08. The third kappa shape index (κ3) is 4.92. The van der Waals surface area contributed by atoms with Gasteiger partial charge in [0.1, 0.15) is 5.82 Å². The number of aryl methyl sites for hydroxylation is 1. The Balaban J connectivity index is 2.21. The minimum atomic E-state index is 0.0818. The summed E-state index contributed by atoms with van der Waals surface area (Å²) in [7, 11) is 0. The van der Waals surface area contributed by atoms with Crippen molar-refractivity contribution in [1.82, 2.24) is 4.98 Å². The highest BCUT2D eigenvalue weighted by molar-refractivity contribution is 9.10. The van der Waals surface area contributed by atoms with Crippen LogP contribution in [0.3, 0.4) is 0 Å². The number of anilines is 1. The number of hydrogen-bond donors (Lipinski definition) is 2. The van der Waals surface area contributed by atoms with Crippen molar-refractivity contribution in [3.63, 3.8) is 0 Å². The smallest absolute Gasteiger partial charge is 0.140 e. The van der Waals surface area contributed by atoms with Gasteiger partial charge in [0.25, 0.3) is 0 Å². The molecule has 1 aromatic heterocycles. The van der Waals surface area contributed by atoms with Gasteiger partial charge in [-0.15, -0.1) is 0 Å². The van der Waals surface area contributed by atoms with Gasteiger partial charge in [-0.2, -0.15) is 0 Å². The topological polar surface area (TPSA) is 54.4 Å². The maximum Gasteiger partial charge on any atom is 0.140 e. The summed E-state index contributed by atoms with van der Waals surface area (Å²) >= 11 is 3.45. The number of pyridine rings is 1. The van der Waals surface area contributed by atoms with Crippen LogP contribution < -0.4 is 5.32 Å². The second kappa shape index (κ2) is 7.60. The van der Waals surface area contributed by atoms with Crippen LogP contribution in [0.25, 0.3) is 0 Å². The Hall–Kier alpha value is -0.650. The summed E-state index contributed by atoms with van der Waals surface area (Å²) in [6.45, 7) is 3.95. The van der Waals surface area contributed by atoms with E-state index in [-0.39, 0.29) is 6.61 Å². The van der Waals surface area contributed by atoms with Crippen LogP contribution in [0.5, 0.6) is 0 Å². The molecular formula is C11H17BrN2O2. The van der Waals surface area contributed by atoms with Crippen molar-refractivity contribution in [3.05, 3.63) is 22.3 Å². The molecule has 5 heteroatoms. The molecule has 0 unspecified atom stereocenters. The average Bonchev–Trinajstić information content (AvgIpc) is 2.26. The molecule has 0 spiro atoms. The number of aliphatic hydroxyl groups excluding tert-OH is 1. The normalized spacial score (nSPS) is 10.4. The number of aliphatic hydroxyl groups is 1. The highest BCUT2D eigenvalue weighted by Gasteiger charge is 2.00. The lowest BCUT2D eigenvalue weighted by Crippen LogP contribution is -2.08. The molecule has 1 aromatic rings. The first-order chi connectivity index (χ1) is 7.74. The molecule has 0 radical (unpaired) electrons. The van der Waals surface area contributed by atoms with Crippen LogP contribution in [0.1, 0.15) is 12.0 Å². The molecule has 0 bridgehead atoms. The maximum atomic E-state index is 8.51. The fraction of sp³-hybridized carbons (Fsp3) is 0.545. The van der Waals surface area contributed by atoms with Gasteiger partial charge in [0.15, 0.2) is 0 Å². The molecule has 1 heterocycles. The Morgan fingerprint density at radius 1 is 1.50 bits per heavy atom. The van der Waals surface area contributed by atoms with E-state index < -0.39 is 0 Å². The lowest BCUT2D eigenvalue weighted by atomic mass is 10.3. The zero-order valence-corrected chi connectivity index (χ0v) is 11.0. The molecule has 0 aliphatic heterocycles. The number of aromatic nitrogens is 1. The summed E-state index contributed by atoms with van der Waals surface area (Å²) in [6, 6.07) is 2.03. The van der Waals surface area contributed by atoms with E-state index in [0.29, 0.717) is 13.2 Å². The zero-order chi connectivity index (χ0) is 11.8. The summed E-state index contributed by atoms with van der Waals surface area (Å²) in [4.78, 5) is 4.27. The SMILES string of the molecule is Cc1cnc(NCCCOCCO)c(Br)c1. The van der Waals surface area contributed by atoms with Crippen LogP contribution in [0.15, 0.2) is 16.7 Å². The molecule has 0 aliphatic carbocycles. The fourth-order valence-corrected chi connectivity index (χ4v) is 1.81. The maximum absolute atomic E-state index is 8.51. The monoisotopic (exact) mass is 288 g/mol. The van der Waals surface area contributed by atoms with Crippen molar-refractivity contribution in [2.24, 2.45) is 0 Å². The van der Waals surface area contributed by atoms with E-state index >= 15 is 0 Å². The van der Waals surface area contributed by atoms with Gasteiger partial charge in [-0.3, -0.25) is 0 Å². The third-order valence-corrected chi connectivity index (χ3v) is 2.58. The average molecular weight is 289 g/mol. The van der Waals surface area contributed by atoms with Crippen molar-refractivity contribution in [2.75, 3.05) is 31.7 Å². The van der Waals surface area contributed by atoms with Crippen LogP contribution in [0.4, 0.5) is 5.82 Å². The van der Waals surface area contributed by atoms with Gasteiger partial charge in [-0.05, 0) is 40.9 Å². The summed E-state index contributed by atoms with van der Waals surface area (Å²) in [6.07, 6.45) is 2.72. The second-order valence-corrected chi connectivity index (χ2v) is 4.31. The molecule has 16 heavy (non-hydrogen) atoms. The van der Waals surface area contributed by atoms with Crippen LogP contribution in [-0.4, -0.2) is 36.5 Å². The van der Waals surface area contributed by atoms with E-state index in [0.717, 1.165) is 28.8 Å². The molecular weight excluding hydrogens is 272 g/mol. The highest BCUT2D eigenvalue weighted by Crippen LogP contribution is 2.20. The predicted octanol–water partition coefficient (Wildman–Crippen LogP) is 1.96. The largest absolute Gasteiger partial charge is 0.394 e.